The van der Waals surface area contributed by atoms with Gasteiger partial charge in [-0.1, -0.05) is 205 Å². The molecule has 0 aliphatic carbocycles. The minimum atomic E-state index is 0.272. The Kier molecular flexibility index (Phi) is 12.8. The molecule has 3 nitrogen and oxygen atoms in total. The highest BCUT2D eigenvalue weighted by Gasteiger charge is 2.22. The van der Waals surface area contributed by atoms with Crippen molar-refractivity contribution in [2.75, 3.05) is 0 Å². The smallest absolute Gasteiger partial charge is 0.0705 e. The zero-order chi connectivity index (χ0) is 47.4. The fourth-order valence-corrected chi connectivity index (χ4v) is 9.82. The second-order valence-electron chi connectivity index (χ2n) is 19.0. The first kappa shape index (κ1) is 44.8. The summed E-state index contributed by atoms with van der Waals surface area (Å²) in [6.45, 7) is 13.7. The SMILES string of the molecule is CC(C)c1cc(-c2ccccc2)ncc1-c1ccccc1-c1cc(-c2ccccc2-c2cnc(-c3ccccc3)cc2C(C)C)cc(-c2ccccc2-c2cnc(-c3ccccc3)cc2C(C)C)c1. The van der Waals surface area contributed by atoms with E-state index in [2.05, 4.69) is 260 Å². The van der Waals surface area contributed by atoms with E-state index in [4.69, 9.17) is 15.0 Å². The highest BCUT2D eigenvalue weighted by atomic mass is 14.7. The molecule has 336 valence electrons. The Morgan fingerprint density at radius 3 is 0.710 bits per heavy atom. The van der Waals surface area contributed by atoms with Gasteiger partial charge in [0.15, 0.2) is 0 Å². The first-order chi connectivity index (χ1) is 33.7. The maximum atomic E-state index is 5.11. The van der Waals surface area contributed by atoms with Crippen molar-refractivity contribution >= 4 is 0 Å². The molecular weight excluding hydrogens is 835 g/mol. The molecule has 10 rings (SSSR count). The minimum absolute atomic E-state index is 0.272. The van der Waals surface area contributed by atoms with Crippen molar-refractivity contribution in [3.63, 3.8) is 0 Å². The molecule has 7 aromatic carbocycles. The van der Waals surface area contributed by atoms with Gasteiger partial charge in [-0.3, -0.25) is 15.0 Å². The lowest BCUT2D eigenvalue weighted by atomic mass is 9.83. The van der Waals surface area contributed by atoms with E-state index in [1.807, 2.05) is 0 Å². The van der Waals surface area contributed by atoms with Crippen LogP contribution in [0.15, 0.2) is 219 Å². The summed E-state index contributed by atoms with van der Waals surface area (Å²) in [5.41, 5.74) is 23.9. The van der Waals surface area contributed by atoms with Crippen LogP contribution in [0.4, 0.5) is 0 Å². The summed E-state index contributed by atoms with van der Waals surface area (Å²) >= 11 is 0. The van der Waals surface area contributed by atoms with E-state index in [9.17, 15) is 0 Å². The van der Waals surface area contributed by atoms with Crippen molar-refractivity contribution in [1.82, 2.24) is 15.0 Å². The number of pyridine rings is 3. The van der Waals surface area contributed by atoms with E-state index >= 15 is 0 Å². The lowest BCUT2D eigenvalue weighted by molar-refractivity contribution is 0.866. The third-order valence-electron chi connectivity index (χ3n) is 13.4. The lowest BCUT2D eigenvalue weighted by Crippen LogP contribution is -1.99. The third kappa shape index (κ3) is 9.21. The Balaban J connectivity index is 1.20. The summed E-state index contributed by atoms with van der Waals surface area (Å²) in [6, 6.07) is 72.1. The number of benzene rings is 7. The minimum Gasteiger partial charge on any atom is -0.256 e. The van der Waals surface area contributed by atoms with Crippen molar-refractivity contribution in [2.45, 2.75) is 59.3 Å². The van der Waals surface area contributed by atoms with Gasteiger partial charge >= 0.3 is 0 Å². The number of rotatable bonds is 12. The molecule has 0 saturated carbocycles. The summed E-state index contributed by atoms with van der Waals surface area (Å²) in [5, 5.41) is 0. The number of hydrogen-bond donors (Lipinski definition) is 0. The molecule has 3 heteroatoms. The van der Waals surface area contributed by atoms with Gasteiger partial charge in [0.25, 0.3) is 0 Å². The lowest BCUT2D eigenvalue weighted by Gasteiger charge is -2.21. The van der Waals surface area contributed by atoms with Gasteiger partial charge in [0.1, 0.15) is 0 Å². The normalized spacial score (nSPS) is 11.4. The van der Waals surface area contributed by atoms with Gasteiger partial charge in [0, 0.05) is 52.0 Å². The Bertz CT molecular complexity index is 3030. The van der Waals surface area contributed by atoms with Crippen LogP contribution in [-0.2, 0) is 0 Å². The van der Waals surface area contributed by atoms with E-state index in [1.54, 1.807) is 0 Å². The van der Waals surface area contributed by atoms with Crippen LogP contribution in [0, 0.1) is 0 Å². The summed E-state index contributed by atoms with van der Waals surface area (Å²) in [7, 11) is 0. The van der Waals surface area contributed by atoms with Crippen LogP contribution in [0.3, 0.4) is 0 Å². The molecule has 0 bridgehead atoms. The maximum Gasteiger partial charge on any atom is 0.0705 e. The topological polar surface area (TPSA) is 38.7 Å². The predicted molar refractivity (Wildman–Crippen MR) is 291 cm³/mol. The van der Waals surface area contributed by atoms with E-state index in [-0.39, 0.29) is 17.8 Å². The monoisotopic (exact) mass is 891 g/mol. The van der Waals surface area contributed by atoms with Gasteiger partial charge in [0.05, 0.1) is 17.1 Å². The average Bonchev–Trinajstić information content (AvgIpc) is 3.41. The molecule has 0 spiro atoms. The summed E-state index contributed by atoms with van der Waals surface area (Å²) in [5.74, 6) is 0.815. The second-order valence-corrected chi connectivity index (χ2v) is 19.0. The first-order valence-corrected chi connectivity index (χ1v) is 24.3. The van der Waals surface area contributed by atoms with Crippen LogP contribution >= 0.6 is 0 Å². The third-order valence-corrected chi connectivity index (χ3v) is 13.4. The Morgan fingerprint density at radius 2 is 0.464 bits per heavy atom. The van der Waals surface area contributed by atoms with Crippen LogP contribution in [-0.4, -0.2) is 15.0 Å². The van der Waals surface area contributed by atoms with Crippen LogP contribution in [0.5, 0.6) is 0 Å². The van der Waals surface area contributed by atoms with E-state index in [0.29, 0.717) is 0 Å². The molecule has 0 atom stereocenters. The molecule has 0 fully saturated rings. The zero-order valence-electron chi connectivity index (χ0n) is 40.4. The van der Waals surface area contributed by atoms with Gasteiger partial charge in [-0.2, -0.15) is 0 Å². The van der Waals surface area contributed by atoms with Crippen molar-refractivity contribution in [1.29, 1.82) is 0 Å². The Morgan fingerprint density at radius 1 is 0.232 bits per heavy atom. The van der Waals surface area contributed by atoms with Crippen molar-refractivity contribution in [3.8, 4) is 101 Å². The predicted octanol–water partition coefficient (Wildman–Crippen LogP) is 18.2. The summed E-state index contributed by atoms with van der Waals surface area (Å²) < 4.78 is 0. The maximum absolute atomic E-state index is 5.11. The Labute approximate surface area is 408 Å². The van der Waals surface area contributed by atoms with E-state index in [0.717, 1.165) is 101 Å². The van der Waals surface area contributed by atoms with Crippen LogP contribution < -0.4 is 0 Å². The van der Waals surface area contributed by atoms with Crippen molar-refractivity contribution in [3.05, 3.63) is 235 Å². The quantitative estimate of drug-likeness (QED) is 0.123. The molecular formula is C66H57N3. The molecule has 0 aliphatic heterocycles. The van der Waals surface area contributed by atoms with E-state index < -0.39 is 0 Å². The molecule has 3 heterocycles. The molecule has 3 aromatic heterocycles. The van der Waals surface area contributed by atoms with Crippen LogP contribution in [0.25, 0.3) is 101 Å². The largest absolute Gasteiger partial charge is 0.256 e. The van der Waals surface area contributed by atoms with Gasteiger partial charge in [-0.15, -0.1) is 0 Å². The second kappa shape index (κ2) is 19.7. The summed E-state index contributed by atoms with van der Waals surface area (Å²) in [4.78, 5) is 15.3. The van der Waals surface area contributed by atoms with Gasteiger partial charge in [0.2, 0.25) is 0 Å². The standard InChI is InChI=1S/C66H57N3/c1-43(2)58-37-64(46-22-10-7-11-23-46)67-40-61(58)55-31-19-16-28-52(55)49-34-50(53-29-17-20-32-56(53)62-41-68-65(38-59(62)44(3)4)47-24-12-8-13-25-47)36-51(35-49)54-30-18-21-33-57(54)63-42-69-66(39-60(63)45(5)6)48-26-14-9-15-27-48/h7-45H,1-6H3. The highest BCUT2D eigenvalue weighted by Crippen LogP contribution is 2.45. The summed E-state index contributed by atoms with van der Waals surface area (Å²) in [6.07, 6.45) is 6.26. The van der Waals surface area contributed by atoms with Gasteiger partial charge < -0.3 is 0 Å². The molecule has 0 unspecified atom stereocenters. The Hall–Kier alpha value is -8.01. The number of hydrogen-bond acceptors (Lipinski definition) is 3. The molecule has 0 radical (unpaired) electrons. The first-order valence-electron chi connectivity index (χ1n) is 24.3. The fourth-order valence-electron chi connectivity index (χ4n) is 9.82. The van der Waals surface area contributed by atoms with Crippen molar-refractivity contribution in [2.24, 2.45) is 0 Å². The molecule has 69 heavy (non-hydrogen) atoms. The fraction of sp³-hybridized carbons (Fsp3) is 0.136. The van der Waals surface area contributed by atoms with Gasteiger partial charge in [-0.25, -0.2) is 0 Å². The number of aromatic nitrogens is 3. The van der Waals surface area contributed by atoms with Gasteiger partial charge in [-0.05, 0) is 121 Å². The van der Waals surface area contributed by atoms with Crippen LogP contribution in [0.1, 0.15) is 76.0 Å². The zero-order valence-corrected chi connectivity index (χ0v) is 40.4. The van der Waals surface area contributed by atoms with Crippen LogP contribution in [0.2, 0.25) is 0 Å². The molecule has 0 saturated heterocycles. The molecule has 0 aliphatic rings. The highest BCUT2D eigenvalue weighted by molar-refractivity contribution is 5.95. The molecule has 0 amide bonds. The molecule has 0 N–H and O–H groups in total. The average molecular weight is 892 g/mol. The van der Waals surface area contributed by atoms with E-state index in [1.165, 1.54) is 16.7 Å². The number of nitrogens with zero attached hydrogens (tertiary/aromatic N) is 3. The molecule has 10 aromatic rings. The van der Waals surface area contributed by atoms with Crippen molar-refractivity contribution < 1.29 is 0 Å².